The van der Waals surface area contributed by atoms with E-state index in [1.165, 1.54) is 11.3 Å². The maximum atomic E-state index is 13.1. The van der Waals surface area contributed by atoms with Crippen molar-refractivity contribution in [3.05, 3.63) is 53.8 Å². The summed E-state index contributed by atoms with van der Waals surface area (Å²) in [6.45, 7) is 2.89. The van der Waals surface area contributed by atoms with E-state index < -0.39 is 0 Å². The van der Waals surface area contributed by atoms with Crippen molar-refractivity contribution in [3.8, 4) is 10.8 Å². The summed E-state index contributed by atoms with van der Waals surface area (Å²) in [6.07, 6.45) is 4.30. The van der Waals surface area contributed by atoms with E-state index in [9.17, 15) is 4.79 Å². The largest absolute Gasteiger partial charge is 0.306 e. The van der Waals surface area contributed by atoms with Crippen molar-refractivity contribution in [1.29, 1.82) is 0 Å². The molecule has 0 radical (unpaired) electrons. The molecule has 0 N–H and O–H groups in total. The maximum absolute atomic E-state index is 13.1. The van der Waals surface area contributed by atoms with Gasteiger partial charge < -0.3 is 4.90 Å². The second kappa shape index (κ2) is 6.93. The van der Waals surface area contributed by atoms with Crippen LogP contribution in [0.1, 0.15) is 23.8 Å². The van der Waals surface area contributed by atoms with E-state index in [0.29, 0.717) is 28.3 Å². The number of thiazole rings is 1. The minimum absolute atomic E-state index is 0.0689. The Bertz CT molecular complexity index is 897. The molecule has 0 unspecified atom stereocenters. The topological polar surface area (TPSA) is 59.0 Å². The molecule has 1 amide bonds. The van der Waals surface area contributed by atoms with E-state index in [1.807, 2.05) is 34.9 Å². The third-order valence-corrected chi connectivity index (χ3v) is 6.04. The molecular weight excluding hydrogens is 352 g/mol. The van der Waals surface area contributed by atoms with Crippen molar-refractivity contribution in [3.63, 3.8) is 0 Å². The van der Waals surface area contributed by atoms with Crippen molar-refractivity contribution in [2.24, 2.45) is 0 Å². The average molecular weight is 368 g/mol. The lowest BCUT2D eigenvalue weighted by molar-refractivity contribution is 0.0982. The second-order valence-electron chi connectivity index (χ2n) is 5.75. The van der Waals surface area contributed by atoms with E-state index in [1.54, 1.807) is 23.8 Å². The molecule has 1 aromatic carbocycles. The fourth-order valence-corrected chi connectivity index (χ4v) is 4.57. The first-order valence-corrected chi connectivity index (χ1v) is 9.79. The van der Waals surface area contributed by atoms with Crippen LogP contribution < -0.4 is 4.90 Å². The van der Waals surface area contributed by atoms with Gasteiger partial charge in [0.05, 0.1) is 5.69 Å². The van der Waals surface area contributed by atoms with Gasteiger partial charge in [0.2, 0.25) is 0 Å². The van der Waals surface area contributed by atoms with Crippen LogP contribution in [0.15, 0.2) is 53.0 Å². The van der Waals surface area contributed by atoms with E-state index >= 15 is 0 Å². The predicted molar refractivity (Wildman–Crippen MR) is 101 cm³/mol. The van der Waals surface area contributed by atoms with Crippen LogP contribution in [-0.2, 0) is 0 Å². The number of para-hydroxylation sites is 1. The van der Waals surface area contributed by atoms with Crippen LogP contribution in [0.4, 0.5) is 5.69 Å². The minimum Gasteiger partial charge on any atom is -0.306 e. The number of carbonyl (C=O) groups excluding carboxylic acids is 1. The number of hydrogen-bond donors (Lipinski definition) is 0. The molecule has 7 heteroatoms. The number of rotatable bonds is 2. The Morgan fingerprint density at radius 2 is 2.00 bits per heavy atom. The number of amides is 1. The highest BCUT2D eigenvalue weighted by Gasteiger charge is 2.26. The Hall–Kier alpha value is -2.25. The van der Waals surface area contributed by atoms with Gasteiger partial charge in [-0.1, -0.05) is 19.1 Å². The van der Waals surface area contributed by atoms with Crippen LogP contribution in [0.25, 0.3) is 10.8 Å². The highest BCUT2D eigenvalue weighted by atomic mass is 32.2. The molecule has 0 aliphatic carbocycles. The molecule has 2 aromatic heterocycles. The summed E-state index contributed by atoms with van der Waals surface area (Å²) in [5.41, 5.74) is 1.41. The lowest BCUT2D eigenvalue weighted by atomic mass is 10.2. The van der Waals surface area contributed by atoms with E-state index in [0.717, 1.165) is 17.0 Å². The van der Waals surface area contributed by atoms with Crippen LogP contribution in [-0.4, -0.2) is 32.7 Å². The van der Waals surface area contributed by atoms with Gasteiger partial charge in [-0.2, -0.15) is 0 Å². The monoisotopic (exact) mass is 368 g/mol. The summed E-state index contributed by atoms with van der Waals surface area (Å²) in [5, 5.41) is 2.93. The Kier molecular flexibility index (Phi) is 4.50. The average Bonchev–Trinajstić information content (AvgIpc) is 3.07. The fraction of sp³-hybridized carbons (Fsp3) is 0.222. The van der Waals surface area contributed by atoms with Gasteiger partial charge in [-0.3, -0.25) is 4.79 Å². The number of anilines is 1. The summed E-state index contributed by atoms with van der Waals surface area (Å²) >= 11 is 3.21. The zero-order valence-corrected chi connectivity index (χ0v) is 15.3. The normalized spacial score (nSPS) is 17.0. The van der Waals surface area contributed by atoms with E-state index in [4.69, 9.17) is 0 Å². The molecule has 4 rings (SSSR count). The molecule has 0 saturated heterocycles. The second-order valence-corrected chi connectivity index (χ2v) is 8.09. The Morgan fingerprint density at radius 1 is 1.20 bits per heavy atom. The van der Waals surface area contributed by atoms with E-state index in [2.05, 4.69) is 27.9 Å². The fourth-order valence-electron chi connectivity index (χ4n) is 2.72. The number of thioether (sulfide) groups is 1. The number of benzene rings is 1. The Balaban J connectivity index is 1.66. The van der Waals surface area contributed by atoms with Crippen molar-refractivity contribution in [2.45, 2.75) is 23.5 Å². The molecule has 0 bridgehead atoms. The summed E-state index contributed by atoms with van der Waals surface area (Å²) in [6, 6.07) is 9.83. The number of aromatic nitrogens is 3. The van der Waals surface area contributed by atoms with Crippen LogP contribution in [0.5, 0.6) is 0 Å². The zero-order valence-electron chi connectivity index (χ0n) is 13.6. The van der Waals surface area contributed by atoms with E-state index in [-0.39, 0.29) is 5.91 Å². The smallest absolute Gasteiger partial charge is 0.277 e. The molecule has 1 aliphatic rings. The summed E-state index contributed by atoms with van der Waals surface area (Å²) < 4.78 is 0. The van der Waals surface area contributed by atoms with Gasteiger partial charge in [0.15, 0.2) is 10.8 Å². The molecule has 0 fully saturated rings. The summed E-state index contributed by atoms with van der Waals surface area (Å²) in [7, 11) is 0. The third kappa shape index (κ3) is 3.29. The van der Waals surface area contributed by atoms with Gasteiger partial charge in [0.1, 0.15) is 5.69 Å². The van der Waals surface area contributed by atoms with Gasteiger partial charge in [0, 0.05) is 34.5 Å². The molecule has 126 valence electrons. The first-order valence-electron chi connectivity index (χ1n) is 8.03. The maximum Gasteiger partial charge on any atom is 0.277 e. The lowest BCUT2D eigenvalue weighted by Crippen LogP contribution is -2.32. The number of nitrogens with zero attached hydrogens (tertiary/aromatic N) is 4. The number of hydrogen-bond acceptors (Lipinski definition) is 6. The SMILES string of the molecule is C[C@H]1CCN(C(=O)c2csc(-c3ncccn3)n2)c2ccccc2S1. The van der Waals surface area contributed by atoms with Gasteiger partial charge in [0.25, 0.3) is 5.91 Å². The van der Waals surface area contributed by atoms with Crippen molar-refractivity contribution < 1.29 is 4.79 Å². The highest BCUT2D eigenvalue weighted by molar-refractivity contribution is 8.00. The summed E-state index contributed by atoms with van der Waals surface area (Å²) in [5.74, 6) is 0.479. The number of fused-ring (bicyclic) bond motifs is 1. The van der Waals surface area contributed by atoms with Gasteiger partial charge in [-0.25, -0.2) is 15.0 Å². The lowest BCUT2D eigenvalue weighted by Gasteiger charge is -2.21. The van der Waals surface area contributed by atoms with Gasteiger partial charge in [-0.15, -0.1) is 23.1 Å². The zero-order chi connectivity index (χ0) is 17.2. The Labute approximate surface area is 154 Å². The third-order valence-electron chi connectivity index (χ3n) is 3.97. The van der Waals surface area contributed by atoms with Crippen molar-refractivity contribution in [1.82, 2.24) is 15.0 Å². The first-order chi connectivity index (χ1) is 12.2. The van der Waals surface area contributed by atoms with Crippen molar-refractivity contribution in [2.75, 3.05) is 11.4 Å². The first kappa shape index (κ1) is 16.2. The molecule has 1 aliphatic heterocycles. The van der Waals surface area contributed by atoms with Crippen LogP contribution >= 0.6 is 23.1 Å². The highest BCUT2D eigenvalue weighted by Crippen LogP contribution is 2.38. The molecule has 0 spiro atoms. The molecular formula is C18H16N4OS2. The molecule has 5 nitrogen and oxygen atoms in total. The van der Waals surface area contributed by atoms with Crippen LogP contribution in [0.3, 0.4) is 0 Å². The molecule has 0 saturated carbocycles. The summed E-state index contributed by atoms with van der Waals surface area (Å²) in [4.78, 5) is 29.0. The van der Waals surface area contributed by atoms with Crippen LogP contribution in [0.2, 0.25) is 0 Å². The quantitative estimate of drug-likeness (QED) is 0.681. The predicted octanol–water partition coefficient (Wildman–Crippen LogP) is 4.13. The molecule has 3 heterocycles. The van der Waals surface area contributed by atoms with Gasteiger partial charge in [-0.05, 0) is 24.6 Å². The van der Waals surface area contributed by atoms with Gasteiger partial charge >= 0.3 is 0 Å². The molecule has 3 aromatic rings. The Morgan fingerprint density at radius 3 is 2.84 bits per heavy atom. The standard InChI is InChI=1S/C18H16N4OS2/c1-12-7-10-22(14-5-2-3-6-15(14)25-12)18(23)13-11-24-17(21-13)16-19-8-4-9-20-16/h2-6,8-9,11-12H,7,10H2,1H3/t12-/m0/s1. The van der Waals surface area contributed by atoms with Crippen molar-refractivity contribution >= 4 is 34.7 Å². The number of carbonyl (C=O) groups is 1. The molecule has 25 heavy (non-hydrogen) atoms. The minimum atomic E-state index is -0.0689. The van der Waals surface area contributed by atoms with Crippen LogP contribution in [0, 0.1) is 0 Å². The molecule has 1 atom stereocenters.